The van der Waals surface area contributed by atoms with Gasteiger partial charge in [-0.15, -0.1) is 0 Å². The van der Waals surface area contributed by atoms with Crippen LogP contribution in [0.1, 0.15) is 11.8 Å². The van der Waals surface area contributed by atoms with Crippen LogP contribution in [0.5, 0.6) is 0 Å². The van der Waals surface area contributed by atoms with E-state index in [1.54, 1.807) is 6.07 Å². The van der Waals surface area contributed by atoms with E-state index in [1.807, 2.05) is 0 Å². The maximum Gasteiger partial charge on any atom is 0.333 e. The second kappa shape index (κ2) is 7.50. The third-order valence-electron chi connectivity index (χ3n) is 4.40. The topological polar surface area (TPSA) is 114 Å². The maximum atomic E-state index is 13.2. The van der Waals surface area contributed by atoms with Crippen LogP contribution in [0.2, 0.25) is 0 Å². The molecule has 0 radical (unpaired) electrons. The van der Waals surface area contributed by atoms with Gasteiger partial charge in [0.05, 0.1) is 6.61 Å². The van der Waals surface area contributed by atoms with Crippen LogP contribution in [0.15, 0.2) is 46.1 Å². The van der Waals surface area contributed by atoms with Gasteiger partial charge in [-0.1, -0.05) is 12.1 Å². The molecule has 0 unspecified atom stereocenters. The highest BCUT2D eigenvalue weighted by atomic mass is 19.1. The Bertz CT molecular complexity index is 895. The second-order valence-electron chi connectivity index (χ2n) is 6.10. The molecule has 4 atom stereocenters. The smallest absolute Gasteiger partial charge is 0.333 e. The van der Waals surface area contributed by atoms with Crippen molar-refractivity contribution < 1.29 is 24.4 Å². The van der Waals surface area contributed by atoms with E-state index < -0.39 is 48.2 Å². The molecular formula is C17H19FN2O6. The summed E-state index contributed by atoms with van der Waals surface area (Å²) in [5, 5.41) is 29.0. The summed E-state index contributed by atoms with van der Waals surface area (Å²) in [5.41, 5.74) is -0.655. The first-order valence-electron chi connectivity index (χ1n) is 8.11. The lowest BCUT2D eigenvalue weighted by Crippen LogP contribution is -2.43. The number of benzene rings is 1. The number of aliphatic hydroxyl groups excluding tert-OH is 3. The highest BCUT2D eigenvalue weighted by Gasteiger charge is 2.43. The average Bonchev–Trinajstić information content (AvgIpc) is 2.90. The van der Waals surface area contributed by atoms with Gasteiger partial charge >= 0.3 is 5.69 Å². The Labute approximate surface area is 147 Å². The number of aliphatic hydroxyl groups is 3. The van der Waals surface area contributed by atoms with Crippen molar-refractivity contribution in [2.45, 2.75) is 37.5 Å². The molecule has 0 spiro atoms. The standard InChI is InChI=1S/C17H19FN2O6/c18-11-3-1-2-10(8-11)4-6-19-13(22)5-7-20(17(19)25)16-15(24)14(23)12(9-21)26-16/h1-3,5,7-8,12,14-16,21,23-24H,4,6,9H2/t12-,14+,15+,16-/m1/s1. The second-order valence-corrected chi connectivity index (χ2v) is 6.10. The normalized spacial score (nSPS) is 25.5. The van der Waals surface area contributed by atoms with E-state index in [1.165, 1.54) is 24.4 Å². The van der Waals surface area contributed by atoms with E-state index in [0.29, 0.717) is 5.56 Å². The summed E-state index contributed by atoms with van der Waals surface area (Å²) < 4.78 is 20.5. The number of hydrogen-bond acceptors (Lipinski definition) is 6. The van der Waals surface area contributed by atoms with Crippen molar-refractivity contribution >= 4 is 0 Å². The van der Waals surface area contributed by atoms with Gasteiger partial charge in [-0.05, 0) is 24.1 Å². The zero-order valence-electron chi connectivity index (χ0n) is 13.7. The fourth-order valence-corrected chi connectivity index (χ4v) is 2.97. The third-order valence-corrected chi connectivity index (χ3v) is 4.40. The zero-order chi connectivity index (χ0) is 18.8. The van der Waals surface area contributed by atoms with Crippen molar-refractivity contribution in [1.82, 2.24) is 9.13 Å². The van der Waals surface area contributed by atoms with Crippen molar-refractivity contribution in [3.63, 3.8) is 0 Å². The number of aryl methyl sites for hydroxylation is 1. The van der Waals surface area contributed by atoms with Crippen LogP contribution in [-0.4, -0.2) is 49.4 Å². The molecule has 3 N–H and O–H groups in total. The molecule has 2 aromatic rings. The number of rotatable bonds is 5. The quantitative estimate of drug-likeness (QED) is 0.626. The van der Waals surface area contributed by atoms with Gasteiger partial charge in [0.15, 0.2) is 6.23 Å². The van der Waals surface area contributed by atoms with Crippen molar-refractivity contribution in [2.75, 3.05) is 6.61 Å². The summed E-state index contributed by atoms with van der Waals surface area (Å²) >= 11 is 0. The Morgan fingerprint density at radius 2 is 1.92 bits per heavy atom. The Morgan fingerprint density at radius 1 is 1.15 bits per heavy atom. The van der Waals surface area contributed by atoms with Gasteiger partial charge in [0, 0.05) is 18.8 Å². The van der Waals surface area contributed by atoms with E-state index in [-0.39, 0.29) is 13.0 Å². The van der Waals surface area contributed by atoms with Crippen molar-refractivity contribution in [2.24, 2.45) is 0 Å². The summed E-state index contributed by atoms with van der Waals surface area (Å²) in [4.78, 5) is 24.7. The molecule has 26 heavy (non-hydrogen) atoms. The summed E-state index contributed by atoms with van der Waals surface area (Å²) in [6, 6.07) is 6.98. The predicted molar refractivity (Wildman–Crippen MR) is 88.1 cm³/mol. The van der Waals surface area contributed by atoms with Crippen LogP contribution < -0.4 is 11.2 Å². The lowest BCUT2D eigenvalue weighted by molar-refractivity contribution is -0.0556. The molecule has 8 nitrogen and oxygen atoms in total. The minimum atomic E-state index is -1.43. The lowest BCUT2D eigenvalue weighted by atomic mass is 10.1. The first-order valence-corrected chi connectivity index (χ1v) is 8.11. The highest BCUT2D eigenvalue weighted by molar-refractivity contribution is 5.16. The van der Waals surface area contributed by atoms with Crippen LogP contribution in [-0.2, 0) is 17.7 Å². The summed E-state index contributed by atoms with van der Waals surface area (Å²) in [7, 11) is 0. The van der Waals surface area contributed by atoms with E-state index in [2.05, 4.69) is 0 Å². The number of nitrogens with zero attached hydrogens (tertiary/aromatic N) is 2. The van der Waals surface area contributed by atoms with Crippen molar-refractivity contribution in [3.8, 4) is 0 Å². The molecule has 2 heterocycles. The van der Waals surface area contributed by atoms with Gasteiger partial charge in [0.25, 0.3) is 5.56 Å². The number of hydrogen-bond donors (Lipinski definition) is 3. The van der Waals surface area contributed by atoms with Gasteiger partial charge in [-0.25, -0.2) is 9.18 Å². The van der Waals surface area contributed by atoms with Gasteiger partial charge in [-0.3, -0.25) is 13.9 Å². The molecule has 1 aromatic carbocycles. The summed E-state index contributed by atoms with van der Waals surface area (Å²) in [5.74, 6) is -0.410. The SMILES string of the molecule is O=c1ccn([C@@H]2O[C@H](CO)[C@H](O)[C@@H]2O)c(=O)n1CCc1cccc(F)c1. The molecule has 1 aliphatic rings. The van der Waals surface area contributed by atoms with Gasteiger partial charge < -0.3 is 20.1 Å². The molecule has 9 heteroatoms. The van der Waals surface area contributed by atoms with Gasteiger partial charge in [0.1, 0.15) is 24.1 Å². The Hall–Kier alpha value is -2.33. The van der Waals surface area contributed by atoms with Gasteiger partial charge in [0.2, 0.25) is 0 Å². The molecule has 1 aliphatic heterocycles. The largest absolute Gasteiger partial charge is 0.394 e. The van der Waals surface area contributed by atoms with E-state index in [0.717, 1.165) is 15.2 Å². The zero-order valence-corrected chi connectivity index (χ0v) is 13.7. The molecular weight excluding hydrogens is 347 g/mol. The van der Waals surface area contributed by atoms with Crippen LogP contribution in [0.25, 0.3) is 0 Å². The Balaban J connectivity index is 1.87. The summed E-state index contributed by atoms with van der Waals surface area (Å²) in [6.45, 7) is -0.514. The van der Waals surface area contributed by atoms with Crippen molar-refractivity contribution in [3.05, 3.63) is 68.7 Å². The number of ether oxygens (including phenoxy) is 1. The van der Waals surface area contributed by atoms with E-state index in [4.69, 9.17) is 9.84 Å². The Kier molecular flexibility index (Phi) is 5.33. The number of aromatic nitrogens is 2. The third kappa shape index (κ3) is 3.47. The van der Waals surface area contributed by atoms with Crippen LogP contribution in [0.4, 0.5) is 4.39 Å². The molecule has 1 aromatic heterocycles. The fourth-order valence-electron chi connectivity index (χ4n) is 2.97. The van der Waals surface area contributed by atoms with Crippen molar-refractivity contribution in [1.29, 1.82) is 0 Å². The lowest BCUT2D eigenvalue weighted by Gasteiger charge is -2.18. The van der Waals surface area contributed by atoms with E-state index >= 15 is 0 Å². The minimum Gasteiger partial charge on any atom is -0.394 e. The molecule has 140 valence electrons. The van der Waals surface area contributed by atoms with Crippen LogP contribution in [0.3, 0.4) is 0 Å². The Morgan fingerprint density at radius 3 is 2.58 bits per heavy atom. The maximum absolute atomic E-state index is 13.2. The first-order chi connectivity index (χ1) is 12.4. The van der Waals surface area contributed by atoms with Crippen LogP contribution in [0, 0.1) is 5.82 Å². The molecule has 1 saturated heterocycles. The average molecular weight is 366 g/mol. The first kappa shape index (κ1) is 18.5. The van der Waals surface area contributed by atoms with E-state index in [9.17, 15) is 24.2 Å². The molecule has 1 fully saturated rings. The highest BCUT2D eigenvalue weighted by Crippen LogP contribution is 2.27. The monoisotopic (exact) mass is 366 g/mol. The molecule has 0 amide bonds. The molecule has 3 rings (SSSR count). The van der Waals surface area contributed by atoms with Crippen LogP contribution >= 0.6 is 0 Å². The van der Waals surface area contributed by atoms with Gasteiger partial charge in [-0.2, -0.15) is 0 Å². The molecule has 0 bridgehead atoms. The summed E-state index contributed by atoms with van der Waals surface area (Å²) in [6.07, 6.45) is -3.62. The molecule has 0 aliphatic carbocycles. The fraction of sp³-hybridized carbons (Fsp3) is 0.412. The number of halogens is 1. The molecule has 0 saturated carbocycles. The minimum absolute atomic E-state index is 0.0107. The predicted octanol–water partition coefficient (Wildman–Crippen LogP) is -0.997.